The van der Waals surface area contributed by atoms with E-state index in [0.29, 0.717) is 12.5 Å². The first-order valence-corrected chi connectivity index (χ1v) is 7.96. The molecule has 1 aromatic carbocycles. The number of anilines is 1. The van der Waals surface area contributed by atoms with Crippen LogP contribution in [0.2, 0.25) is 0 Å². The van der Waals surface area contributed by atoms with Crippen molar-refractivity contribution in [1.82, 2.24) is 4.72 Å². The van der Waals surface area contributed by atoms with Crippen LogP contribution in [-0.2, 0) is 14.8 Å². The lowest BCUT2D eigenvalue weighted by molar-refractivity contribution is 0.114. The second kappa shape index (κ2) is 7.58. The molecule has 0 aromatic heterocycles. The fourth-order valence-electron chi connectivity index (χ4n) is 1.61. The van der Waals surface area contributed by atoms with Gasteiger partial charge in [-0.3, -0.25) is 0 Å². The average Bonchev–Trinajstić information content (AvgIpc) is 2.37. The number of halogens is 1. The van der Waals surface area contributed by atoms with Gasteiger partial charge in [-0.05, 0) is 18.1 Å². The molecule has 0 radical (unpaired) electrons. The van der Waals surface area contributed by atoms with Gasteiger partial charge in [0.1, 0.15) is 0 Å². The zero-order valence-corrected chi connectivity index (χ0v) is 13.2. The van der Waals surface area contributed by atoms with Crippen LogP contribution < -0.4 is 15.2 Å². The summed E-state index contributed by atoms with van der Waals surface area (Å²) in [6, 6.07) is 2.02. The summed E-state index contributed by atoms with van der Waals surface area (Å²) < 4.78 is 50.0. The van der Waals surface area contributed by atoms with Crippen molar-refractivity contribution in [3.05, 3.63) is 17.9 Å². The zero-order valence-electron chi connectivity index (χ0n) is 12.3. The molecule has 1 aromatic rings. The highest BCUT2D eigenvalue weighted by Crippen LogP contribution is 2.28. The molecule has 120 valence electrons. The lowest BCUT2D eigenvalue weighted by Crippen LogP contribution is -2.28. The van der Waals surface area contributed by atoms with Crippen molar-refractivity contribution in [2.45, 2.75) is 18.7 Å². The Bertz CT molecular complexity index is 553. The normalized spacial score (nSPS) is 11.9. The second-order valence-electron chi connectivity index (χ2n) is 4.89. The lowest BCUT2D eigenvalue weighted by atomic mass is 10.2. The second-order valence-corrected chi connectivity index (χ2v) is 6.66. The summed E-state index contributed by atoms with van der Waals surface area (Å²) in [7, 11) is -2.58. The van der Waals surface area contributed by atoms with Crippen LogP contribution in [0.1, 0.15) is 13.8 Å². The van der Waals surface area contributed by atoms with Gasteiger partial charge in [-0.2, -0.15) is 0 Å². The number of ether oxygens (including phenoxy) is 2. The minimum atomic E-state index is -3.84. The molecule has 0 aliphatic heterocycles. The van der Waals surface area contributed by atoms with Gasteiger partial charge < -0.3 is 15.2 Å². The molecule has 0 amide bonds. The minimum Gasteiger partial charge on any atom is -0.492 e. The zero-order chi connectivity index (χ0) is 16.0. The molecule has 0 heterocycles. The summed E-state index contributed by atoms with van der Waals surface area (Å²) in [5, 5.41) is 0. The van der Waals surface area contributed by atoms with Crippen molar-refractivity contribution in [2.24, 2.45) is 5.92 Å². The third kappa shape index (κ3) is 5.14. The third-order valence-electron chi connectivity index (χ3n) is 2.55. The Morgan fingerprint density at radius 3 is 2.57 bits per heavy atom. The van der Waals surface area contributed by atoms with Crippen LogP contribution in [0, 0.1) is 11.7 Å². The number of hydrogen-bond acceptors (Lipinski definition) is 5. The number of rotatable bonds is 8. The molecule has 0 fully saturated rings. The van der Waals surface area contributed by atoms with E-state index in [0.717, 1.165) is 12.1 Å². The summed E-state index contributed by atoms with van der Waals surface area (Å²) in [4.78, 5) is -0.248. The number of nitrogen functional groups attached to an aromatic ring is 1. The Kier molecular flexibility index (Phi) is 6.38. The maximum absolute atomic E-state index is 13.7. The van der Waals surface area contributed by atoms with Gasteiger partial charge in [0.25, 0.3) is 0 Å². The van der Waals surface area contributed by atoms with Gasteiger partial charge in [-0.25, -0.2) is 17.5 Å². The quantitative estimate of drug-likeness (QED) is 0.557. The molecule has 8 heteroatoms. The predicted molar refractivity (Wildman–Crippen MR) is 78.2 cm³/mol. The van der Waals surface area contributed by atoms with Gasteiger partial charge in [-0.1, -0.05) is 13.8 Å². The van der Waals surface area contributed by atoms with E-state index in [1.165, 1.54) is 7.11 Å². The highest BCUT2D eigenvalue weighted by molar-refractivity contribution is 7.89. The topological polar surface area (TPSA) is 90.7 Å². The summed E-state index contributed by atoms with van der Waals surface area (Å²) >= 11 is 0. The Labute approximate surface area is 124 Å². The smallest absolute Gasteiger partial charge is 0.240 e. The van der Waals surface area contributed by atoms with Crippen LogP contribution in [0.5, 0.6) is 5.75 Å². The molecule has 3 N–H and O–H groups in total. The van der Waals surface area contributed by atoms with Gasteiger partial charge in [0.05, 0.1) is 24.3 Å². The van der Waals surface area contributed by atoms with Crippen molar-refractivity contribution in [3.8, 4) is 5.75 Å². The van der Waals surface area contributed by atoms with Crippen LogP contribution in [0.15, 0.2) is 17.0 Å². The largest absolute Gasteiger partial charge is 0.492 e. The first-order valence-electron chi connectivity index (χ1n) is 6.48. The predicted octanol–water partition coefficient (Wildman–Crippen LogP) is 1.37. The Morgan fingerprint density at radius 2 is 2.05 bits per heavy atom. The molecule has 0 aliphatic rings. The van der Waals surface area contributed by atoms with E-state index >= 15 is 0 Å². The fraction of sp³-hybridized carbons (Fsp3) is 0.538. The average molecular weight is 320 g/mol. The number of methoxy groups -OCH3 is 1. The molecule has 21 heavy (non-hydrogen) atoms. The van der Waals surface area contributed by atoms with Crippen LogP contribution in [-0.4, -0.2) is 35.3 Å². The van der Waals surface area contributed by atoms with Crippen molar-refractivity contribution in [2.75, 3.05) is 32.6 Å². The maximum Gasteiger partial charge on any atom is 0.240 e. The first kappa shape index (κ1) is 17.7. The highest BCUT2D eigenvalue weighted by Gasteiger charge is 2.18. The van der Waals surface area contributed by atoms with Crippen molar-refractivity contribution < 1.29 is 22.3 Å². The van der Waals surface area contributed by atoms with Gasteiger partial charge >= 0.3 is 0 Å². The van der Waals surface area contributed by atoms with E-state index < -0.39 is 15.8 Å². The monoisotopic (exact) mass is 320 g/mol. The number of benzene rings is 1. The van der Waals surface area contributed by atoms with Gasteiger partial charge in [0.15, 0.2) is 11.6 Å². The SMILES string of the molecule is COc1c(N)cc(S(=O)(=O)NCCOCC(C)C)cc1F. The standard InChI is InChI=1S/C13H21FN2O4S/c1-9(2)8-20-5-4-16-21(17,18)10-6-11(14)13(19-3)12(15)7-10/h6-7,9,16H,4-5,8,15H2,1-3H3. The number of nitrogens with one attached hydrogen (secondary N) is 1. The Morgan fingerprint density at radius 1 is 1.38 bits per heavy atom. The van der Waals surface area contributed by atoms with Crippen LogP contribution in [0.4, 0.5) is 10.1 Å². The molecule has 6 nitrogen and oxygen atoms in total. The van der Waals surface area contributed by atoms with Crippen LogP contribution >= 0.6 is 0 Å². The van der Waals surface area contributed by atoms with Crippen LogP contribution in [0.3, 0.4) is 0 Å². The molecule has 0 bridgehead atoms. The molecular formula is C13H21FN2O4S. The third-order valence-corrected chi connectivity index (χ3v) is 3.99. The van der Waals surface area contributed by atoms with E-state index in [4.69, 9.17) is 15.2 Å². The van der Waals surface area contributed by atoms with Crippen molar-refractivity contribution >= 4 is 15.7 Å². The molecular weight excluding hydrogens is 299 g/mol. The van der Waals surface area contributed by atoms with E-state index in [9.17, 15) is 12.8 Å². The van der Waals surface area contributed by atoms with E-state index in [1.54, 1.807) is 0 Å². The summed E-state index contributed by atoms with van der Waals surface area (Å²) in [5.41, 5.74) is 5.48. The minimum absolute atomic E-state index is 0.0751. The highest BCUT2D eigenvalue weighted by atomic mass is 32.2. The fourth-order valence-corrected chi connectivity index (χ4v) is 2.67. The van der Waals surface area contributed by atoms with Gasteiger partial charge in [-0.15, -0.1) is 0 Å². The summed E-state index contributed by atoms with van der Waals surface area (Å²) in [6.45, 7) is 4.88. The molecule has 0 saturated heterocycles. The number of nitrogens with two attached hydrogens (primary N) is 1. The molecule has 0 aliphatic carbocycles. The van der Waals surface area contributed by atoms with E-state index in [-0.39, 0.29) is 29.5 Å². The molecule has 0 spiro atoms. The molecule has 0 saturated carbocycles. The van der Waals surface area contributed by atoms with Gasteiger partial charge in [0, 0.05) is 13.2 Å². The van der Waals surface area contributed by atoms with E-state index in [2.05, 4.69) is 4.72 Å². The number of hydrogen-bond donors (Lipinski definition) is 2. The van der Waals surface area contributed by atoms with E-state index in [1.807, 2.05) is 13.8 Å². The van der Waals surface area contributed by atoms with Crippen LogP contribution in [0.25, 0.3) is 0 Å². The lowest BCUT2D eigenvalue weighted by Gasteiger charge is -2.11. The summed E-state index contributed by atoms with van der Waals surface area (Å²) in [6.07, 6.45) is 0. The summed E-state index contributed by atoms with van der Waals surface area (Å²) in [5.74, 6) is -0.625. The molecule has 0 atom stereocenters. The Balaban J connectivity index is 2.71. The van der Waals surface area contributed by atoms with Gasteiger partial charge in [0.2, 0.25) is 10.0 Å². The molecule has 1 rings (SSSR count). The van der Waals surface area contributed by atoms with Crippen molar-refractivity contribution in [3.63, 3.8) is 0 Å². The number of sulfonamides is 1. The maximum atomic E-state index is 13.7. The molecule has 0 unspecified atom stereocenters. The van der Waals surface area contributed by atoms with Crippen molar-refractivity contribution in [1.29, 1.82) is 0 Å². The Hall–Kier alpha value is -1.38. The first-order chi connectivity index (χ1) is 9.77.